The Bertz CT molecular complexity index is 937. The van der Waals surface area contributed by atoms with E-state index in [1.807, 2.05) is 6.92 Å². The lowest BCUT2D eigenvalue weighted by Crippen LogP contribution is -2.54. The molecule has 0 bridgehead atoms. The van der Waals surface area contributed by atoms with Crippen molar-refractivity contribution in [1.29, 1.82) is 0 Å². The number of aliphatic imine (C=N–C) groups is 1. The summed E-state index contributed by atoms with van der Waals surface area (Å²) in [6.07, 6.45) is 4.49. The van der Waals surface area contributed by atoms with E-state index in [1.165, 1.54) is 12.1 Å². The second kappa shape index (κ2) is 11.7. The summed E-state index contributed by atoms with van der Waals surface area (Å²) in [7, 11) is 0. The number of carboxylic acid groups (broad SMARTS) is 1. The van der Waals surface area contributed by atoms with E-state index < -0.39 is 29.2 Å². The number of amides is 1. The SMILES string of the molecule is C=CCCC(CC)(CC=O)NC(=N[C@@H]1CCOc2ccc(C(=O)O)cc21)NC(=O)OC(C)(C)C. The Kier molecular flexibility index (Phi) is 9.23. The van der Waals surface area contributed by atoms with Gasteiger partial charge in [-0.1, -0.05) is 13.0 Å². The molecule has 1 unspecified atom stereocenters. The molecule has 9 heteroatoms. The van der Waals surface area contributed by atoms with Crippen molar-refractivity contribution in [3.05, 3.63) is 42.0 Å². The van der Waals surface area contributed by atoms with Gasteiger partial charge in [0.2, 0.25) is 5.96 Å². The number of ether oxygens (including phenoxy) is 2. The average Bonchev–Trinajstić information content (AvgIpc) is 2.76. The maximum atomic E-state index is 12.6. The van der Waals surface area contributed by atoms with E-state index in [0.717, 1.165) is 6.29 Å². The smallest absolute Gasteiger partial charge is 0.414 e. The van der Waals surface area contributed by atoms with E-state index in [4.69, 9.17) is 14.5 Å². The molecule has 0 saturated heterocycles. The van der Waals surface area contributed by atoms with Crippen LogP contribution in [0.3, 0.4) is 0 Å². The lowest BCUT2D eigenvalue weighted by Gasteiger charge is -2.34. The van der Waals surface area contributed by atoms with Gasteiger partial charge >= 0.3 is 12.1 Å². The number of nitrogens with one attached hydrogen (secondary N) is 2. The molecule has 0 saturated carbocycles. The predicted molar refractivity (Wildman–Crippen MR) is 129 cm³/mol. The van der Waals surface area contributed by atoms with Crippen LogP contribution < -0.4 is 15.4 Å². The Morgan fingerprint density at radius 3 is 2.68 bits per heavy atom. The molecular formula is C25H35N3O6. The molecule has 1 amide bonds. The van der Waals surface area contributed by atoms with Crippen LogP contribution in [0.1, 0.15) is 81.8 Å². The minimum absolute atomic E-state index is 0.119. The number of alkyl carbamates (subject to hydrolysis) is 1. The van der Waals surface area contributed by atoms with Crippen molar-refractivity contribution in [2.24, 2.45) is 4.99 Å². The quantitative estimate of drug-likeness (QED) is 0.210. The Morgan fingerprint density at radius 2 is 2.09 bits per heavy atom. The van der Waals surface area contributed by atoms with Crippen LogP contribution in [0.25, 0.3) is 0 Å². The fourth-order valence-corrected chi connectivity index (χ4v) is 3.71. The van der Waals surface area contributed by atoms with Crippen molar-refractivity contribution in [1.82, 2.24) is 10.6 Å². The summed E-state index contributed by atoms with van der Waals surface area (Å²) in [5.74, 6) is -0.356. The lowest BCUT2D eigenvalue weighted by atomic mass is 9.87. The third-order valence-corrected chi connectivity index (χ3v) is 5.53. The van der Waals surface area contributed by atoms with Crippen molar-refractivity contribution >= 4 is 24.3 Å². The van der Waals surface area contributed by atoms with Crippen molar-refractivity contribution in [3.63, 3.8) is 0 Å². The number of allylic oxidation sites excluding steroid dienone is 1. The first-order valence-electron chi connectivity index (χ1n) is 11.4. The summed E-state index contributed by atoms with van der Waals surface area (Å²) < 4.78 is 11.1. The third-order valence-electron chi connectivity index (χ3n) is 5.53. The number of guanidine groups is 1. The number of hydrogen-bond donors (Lipinski definition) is 3. The predicted octanol–water partition coefficient (Wildman–Crippen LogP) is 4.38. The van der Waals surface area contributed by atoms with Gasteiger partial charge in [-0.3, -0.25) is 5.32 Å². The second-order valence-corrected chi connectivity index (χ2v) is 9.27. The molecule has 2 atom stereocenters. The Morgan fingerprint density at radius 1 is 1.35 bits per heavy atom. The zero-order chi connectivity index (χ0) is 25.4. The Balaban J connectivity index is 2.48. The molecule has 34 heavy (non-hydrogen) atoms. The van der Waals surface area contributed by atoms with Crippen LogP contribution in [-0.4, -0.2) is 47.2 Å². The molecule has 0 fully saturated rings. The van der Waals surface area contributed by atoms with Crippen molar-refractivity contribution < 1.29 is 29.0 Å². The number of hydrogen-bond acceptors (Lipinski definition) is 6. The summed E-state index contributed by atoms with van der Waals surface area (Å²) in [4.78, 5) is 40.3. The number of nitrogens with zero attached hydrogens (tertiary/aromatic N) is 1. The molecular weight excluding hydrogens is 438 g/mol. The van der Waals surface area contributed by atoms with Crippen LogP contribution in [0.2, 0.25) is 0 Å². The standard InChI is InChI=1S/C25H35N3O6/c1-6-8-12-25(7-2,13-14-29)28-22(27-23(32)34-24(3,4)5)26-19-11-15-33-20-10-9-17(21(30)31)16-18(19)20/h6,9-10,14,16,19H,1,7-8,11-13,15H2,2-5H3,(H,30,31)(H2,26,27,28,32)/t19-,25?/m1/s1. The highest BCUT2D eigenvalue weighted by Gasteiger charge is 2.31. The van der Waals surface area contributed by atoms with Crippen LogP contribution in [0.4, 0.5) is 4.79 Å². The number of benzene rings is 1. The average molecular weight is 474 g/mol. The van der Waals surface area contributed by atoms with Crippen molar-refractivity contribution in [2.75, 3.05) is 6.61 Å². The second-order valence-electron chi connectivity index (χ2n) is 9.27. The highest BCUT2D eigenvalue weighted by atomic mass is 16.6. The molecule has 1 heterocycles. The van der Waals surface area contributed by atoms with Gasteiger partial charge in [-0.05, 0) is 58.2 Å². The van der Waals surface area contributed by atoms with Gasteiger partial charge in [0.25, 0.3) is 0 Å². The van der Waals surface area contributed by atoms with E-state index in [9.17, 15) is 19.5 Å². The maximum absolute atomic E-state index is 12.6. The monoisotopic (exact) mass is 473 g/mol. The van der Waals surface area contributed by atoms with E-state index in [1.54, 1.807) is 32.9 Å². The largest absolute Gasteiger partial charge is 0.493 e. The lowest BCUT2D eigenvalue weighted by molar-refractivity contribution is -0.109. The molecule has 0 spiro atoms. The van der Waals surface area contributed by atoms with Gasteiger partial charge < -0.3 is 24.7 Å². The molecule has 1 aromatic carbocycles. The molecule has 2 rings (SSSR count). The molecule has 0 aliphatic carbocycles. The highest BCUT2D eigenvalue weighted by molar-refractivity contribution is 5.95. The topological polar surface area (TPSA) is 126 Å². The molecule has 1 aromatic rings. The molecule has 186 valence electrons. The summed E-state index contributed by atoms with van der Waals surface area (Å²) in [5, 5.41) is 15.4. The summed E-state index contributed by atoms with van der Waals surface area (Å²) in [6.45, 7) is 11.4. The molecule has 9 nitrogen and oxygen atoms in total. The van der Waals surface area contributed by atoms with Crippen molar-refractivity contribution in [2.45, 2.75) is 77.0 Å². The molecule has 1 aliphatic heterocycles. The number of aldehydes is 1. The van der Waals surface area contributed by atoms with E-state index in [0.29, 0.717) is 43.6 Å². The minimum Gasteiger partial charge on any atom is -0.493 e. The zero-order valence-electron chi connectivity index (χ0n) is 20.3. The first kappa shape index (κ1) is 26.9. The van der Waals surface area contributed by atoms with Gasteiger partial charge in [-0.25, -0.2) is 14.6 Å². The van der Waals surface area contributed by atoms with Crippen LogP contribution >= 0.6 is 0 Å². The van der Waals surface area contributed by atoms with Gasteiger partial charge in [0.1, 0.15) is 17.6 Å². The van der Waals surface area contributed by atoms with Crippen LogP contribution in [0.5, 0.6) is 5.75 Å². The van der Waals surface area contributed by atoms with Gasteiger partial charge in [0, 0.05) is 23.9 Å². The van der Waals surface area contributed by atoms with Gasteiger partial charge in [0.05, 0.1) is 18.2 Å². The van der Waals surface area contributed by atoms with E-state index in [2.05, 4.69) is 17.2 Å². The Labute approximate surface area is 200 Å². The fourth-order valence-electron chi connectivity index (χ4n) is 3.71. The summed E-state index contributed by atoms with van der Waals surface area (Å²) in [6, 6.07) is 4.16. The van der Waals surface area contributed by atoms with E-state index >= 15 is 0 Å². The molecule has 0 aromatic heterocycles. The fraction of sp³-hybridized carbons (Fsp3) is 0.520. The number of rotatable bonds is 9. The normalized spacial score (nSPS) is 17.4. The number of aromatic carboxylic acids is 1. The van der Waals surface area contributed by atoms with E-state index in [-0.39, 0.29) is 17.9 Å². The van der Waals surface area contributed by atoms with Crippen LogP contribution in [-0.2, 0) is 9.53 Å². The molecule has 1 aliphatic rings. The van der Waals surface area contributed by atoms with Gasteiger partial charge in [-0.2, -0.15) is 0 Å². The summed E-state index contributed by atoms with van der Waals surface area (Å²) in [5.41, 5.74) is -0.640. The highest BCUT2D eigenvalue weighted by Crippen LogP contribution is 2.35. The summed E-state index contributed by atoms with van der Waals surface area (Å²) >= 11 is 0. The number of carbonyl (C=O) groups is 3. The molecule has 3 N–H and O–H groups in total. The maximum Gasteiger partial charge on any atom is 0.414 e. The Hall–Kier alpha value is -3.36. The van der Waals surface area contributed by atoms with Crippen molar-refractivity contribution in [3.8, 4) is 5.75 Å². The number of carbonyl (C=O) groups excluding carboxylic acids is 2. The van der Waals surface area contributed by atoms with Gasteiger partial charge in [0.15, 0.2) is 0 Å². The first-order valence-corrected chi connectivity index (χ1v) is 11.4. The number of carboxylic acids is 1. The molecule has 0 radical (unpaired) electrons. The first-order chi connectivity index (χ1) is 16.0. The van der Waals surface area contributed by atoms with Crippen LogP contribution in [0, 0.1) is 0 Å². The third kappa shape index (κ3) is 7.60. The van der Waals surface area contributed by atoms with Crippen LogP contribution in [0.15, 0.2) is 35.8 Å². The minimum atomic E-state index is -1.05. The van der Waals surface area contributed by atoms with Gasteiger partial charge in [-0.15, -0.1) is 6.58 Å². The zero-order valence-corrected chi connectivity index (χ0v) is 20.3. The number of fused-ring (bicyclic) bond motifs is 1.